The van der Waals surface area contributed by atoms with E-state index in [0.717, 1.165) is 15.4 Å². The molecule has 1 unspecified atom stereocenters. The maximum Gasteiger partial charge on any atom is 0.108 e. The first-order valence-corrected chi connectivity index (χ1v) is 7.79. The molecule has 2 aromatic carbocycles. The van der Waals surface area contributed by atoms with E-state index in [-0.39, 0.29) is 0 Å². The van der Waals surface area contributed by atoms with Crippen LogP contribution in [0, 0.1) is 0 Å². The van der Waals surface area contributed by atoms with Crippen molar-refractivity contribution in [3.63, 3.8) is 0 Å². The van der Waals surface area contributed by atoms with Crippen molar-refractivity contribution in [3.05, 3.63) is 74.3 Å². The Kier molecular flexibility index (Phi) is 4.18. The van der Waals surface area contributed by atoms with Crippen LogP contribution in [0.3, 0.4) is 0 Å². The molecule has 106 valence electrons. The molecule has 0 radical (unpaired) electrons. The van der Waals surface area contributed by atoms with Gasteiger partial charge in [-0.15, -0.1) is 0 Å². The second kappa shape index (κ2) is 5.93. The molecule has 3 aromatic rings. The number of aliphatic hydroxyl groups excluding tert-OH is 1. The first-order valence-electron chi connectivity index (χ1n) is 6.24. The van der Waals surface area contributed by atoms with Crippen LogP contribution in [0.4, 0.5) is 0 Å². The first-order chi connectivity index (χ1) is 10.1. The quantitative estimate of drug-likeness (QED) is 0.644. The Hall–Kier alpha value is -1.13. The van der Waals surface area contributed by atoms with E-state index < -0.39 is 6.10 Å². The van der Waals surface area contributed by atoms with Gasteiger partial charge in [0.25, 0.3) is 0 Å². The van der Waals surface area contributed by atoms with E-state index in [0.29, 0.717) is 21.2 Å². The average Bonchev–Trinajstić information content (AvgIpc) is 2.50. The fourth-order valence-corrected chi connectivity index (χ4v) is 3.14. The Labute approximate surface area is 140 Å². The molecular weight excluding hydrogens is 373 g/mol. The summed E-state index contributed by atoms with van der Waals surface area (Å²) in [7, 11) is 0. The Morgan fingerprint density at radius 2 is 1.81 bits per heavy atom. The number of pyridine rings is 1. The summed E-state index contributed by atoms with van der Waals surface area (Å²) in [6.07, 6.45) is 0.812. The molecule has 1 atom stereocenters. The zero-order valence-electron chi connectivity index (χ0n) is 10.7. The molecule has 3 rings (SSSR count). The van der Waals surface area contributed by atoms with E-state index in [9.17, 15) is 5.11 Å². The molecule has 0 fully saturated rings. The number of halogens is 3. The third-order valence-electron chi connectivity index (χ3n) is 3.32. The molecule has 0 saturated heterocycles. The Balaban J connectivity index is 2.21. The number of nitrogens with zero attached hydrogens (tertiary/aromatic N) is 1. The lowest BCUT2D eigenvalue weighted by molar-refractivity contribution is 0.222. The van der Waals surface area contributed by atoms with Crippen LogP contribution in [0.5, 0.6) is 0 Å². The number of hydrogen-bond acceptors (Lipinski definition) is 2. The maximum atomic E-state index is 10.7. The highest BCUT2D eigenvalue weighted by Crippen LogP contribution is 2.36. The van der Waals surface area contributed by atoms with Gasteiger partial charge in [0, 0.05) is 27.2 Å². The van der Waals surface area contributed by atoms with Crippen molar-refractivity contribution < 1.29 is 5.11 Å². The third-order valence-corrected chi connectivity index (χ3v) is 4.84. The van der Waals surface area contributed by atoms with E-state index in [4.69, 9.17) is 23.2 Å². The standard InChI is InChI=1S/C16H10BrCl2NO/c17-12-7-6-11(15-9(12)4-2-8-20-15)16(21)10-3-1-5-13(18)14(10)19/h1-8,16,21H. The van der Waals surface area contributed by atoms with Gasteiger partial charge in [0.2, 0.25) is 0 Å². The number of hydrogen-bond donors (Lipinski definition) is 1. The molecule has 0 bridgehead atoms. The predicted octanol–water partition coefficient (Wildman–Crippen LogP) is 5.39. The molecule has 1 N–H and O–H groups in total. The summed E-state index contributed by atoms with van der Waals surface area (Å²) < 4.78 is 0.929. The summed E-state index contributed by atoms with van der Waals surface area (Å²) >= 11 is 15.7. The highest BCUT2D eigenvalue weighted by Gasteiger charge is 2.19. The van der Waals surface area contributed by atoms with Gasteiger partial charge >= 0.3 is 0 Å². The zero-order valence-corrected chi connectivity index (χ0v) is 13.8. The zero-order chi connectivity index (χ0) is 15.0. The molecule has 1 aromatic heterocycles. The van der Waals surface area contributed by atoms with Crippen LogP contribution in [-0.2, 0) is 0 Å². The van der Waals surface area contributed by atoms with Crippen LogP contribution in [0.15, 0.2) is 53.1 Å². The molecule has 0 spiro atoms. The minimum absolute atomic E-state index is 0.360. The Morgan fingerprint density at radius 1 is 1.00 bits per heavy atom. The lowest BCUT2D eigenvalue weighted by Crippen LogP contribution is -2.02. The molecule has 0 aliphatic carbocycles. The van der Waals surface area contributed by atoms with Crippen LogP contribution in [-0.4, -0.2) is 10.1 Å². The number of aromatic nitrogens is 1. The van der Waals surface area contributed by atoms with Crippen molar-refractivity contribution >= 4 is 50.0 Å². The van der Waals surface area contributed by atoms with E-state index in [1.807, 2.05) is 24.3 Å². The molecule has 0 saturated carbocycles. The summed E-state index contributed by atoms with van der Waals surface area (Å²) in [6.45, 7) is 0. The second-order valence-electron chi connectivity index (χ2n) is 4.58. The van der Waals surface area contributed by atoms with Gasteiger partial charge in [-0.1, -0.05) is 63.4 Å². The van der Waals surface area contributed by atoms with Crippen molar-refractivity contribution in [2.75, 3.05) is 0 Å². The molecule has 0 aliphatic rings. The first kappa shape index (κ1) is 14.8. The molecule has 21 heavy (non-hydrogen) atoms. The minimum Gasteiger partial charge on any atom is -0.384 e. The van der Waals surface area contributed by atoms with Crippen molar-refractivity contribution in [1.82, 2.24) is 4.98 Å². The molecule has 0 amide bonds. The van der Waals surface area contributed by atoms with Crippen molar-refractivity contribution in [1.29, 1.82) is 0 Å². The van der Waals surface area contributed by atoms with Crippen LogP contribution in [0.2, 0.25) is 10.0 Å². The normalized spacial score (nSPS) is 12.6. The van der Waals surface area contributed by atoms with Crippen molar-refractivity contribution in [2.45, 2.75) is 6.10 Å². The van der Waals surface area contributed by atoms with E-state index in [1.165, 1.54) is 0 Å². The van der Waals surface area contributed by atoms with Crippen LogP contribution in [0.1, 0.15) is 17.2 Å². The van der Waals surface area contributed by atoms with Crippen molar-refractivity contribution in [3.8, 4) is 0 Å². The number of aliphatic hydroxyl groups is 1. The summed E-state index contributed by atoms with van der Waals surface area (Å²) in [5.74, 6) is 0. The van der Waals surface area contributed by atoms with Gasteiger partial charge in [0.05, 0.1) is 15.6 Å². The van der Waals surface area contributed by atoms with Crippen LogP contribution in [0.25, 0.3) is 10.9 Å². The summed E-state index contributed by atoms with van der Waals surface area (Å²) in [5.41, 5.74) is 1.99. The maximum absolute atomic E-state index is 10.7. The summed E-state index contributed by atoms with van der Waals surface area (Å²) in [6, 6.07) is 12.7. The van der Waals surface area contributed by atoms with Gasteiger partial charge in [-0.2, -0.15) is 0 Å². The summed E-state index contributed by atoms with van der Waals surface area (Å²) in [5, 5.41) is 12.4. The molecule has 5 heteroatoms. The highest BCUT2D eigenvalue weighted by atomic mass is 79.9. The molecular formula is C16H10BrCl2NO. The van der Waals surface area contributed by atoms with Gasteiger partial charge in [0.1, 0.15) is 6.10 Å². The smallest absolute Gasteiger partial charge is 0.108 e. The third kappa shape index (κ3) is 2.67. The minimum atomic E-state index is -0.887. The van der Waals surface area contributed by atoms with Gasteiger partial charge in [-0.3, -0.25) is 4.98 Å². The van der Waals surface area contributed by atoms with Gasteiger partial charge in [-0.25, -0.2) is 0 Å². The summed E-state index contributed by atoms with van der Waals surface area (Å²) in [4.78, 5) is 4.37. The highest BCUT2D eigenvalue weighted by molar-refractivity contribution is 9.10. The topological polar surface area (TPSA) is 33.1 Å². The second-order valence-corrected chi connectivity index (χ2v) is 6.22. The predicted molar refractivity (Wildman–Crippen MR) is 90.0 cm³/mol. The lowest BCUT2D eigenvalue weighted by Gasteiger charge is -2.16. The SMILES string of the molecule is OC(c1cccc(Cl)c1Cl)c1ccc(Br)c2cccnc12. The van der Waals surface area contributed by atoms with Gasteiger partial charge < -0.3 is 5.11 Å². The fourth-order valence-electron chi connectivity index (χ4n) is 2.28. The Bertz CT molecular complexity index is 822. The van der Waals surface area contributed by atoms with Gasteiger partial charge in [0.15, 0.2) is 0 Å². The van der Waals surface area contributed by atoms with E-state index >= 15 is 0 Å². The largest absolute Gasteiger partial charge is 0.384 e. The monoisotopic (exact) mass is 381 g/mol. The van der Waals surface area contributed by atoms with E-state index in [1.54, 1.807) is 24.4 Å². The molecule has 0 aliphatic heterocycles. The molecule has 1 heterocycles. The lowest BCUT2D eigenvalue weighted by atomic mass is 9.99. The fraction of sp³-hybridized carbons (Fsp3) is 0.0625. The Morgan fingerprint density at radius 3 is 2.62 bits per heavy atom. The average molecular weight is 383 g/mol. The van der Waals surface area contributed by atoms with E-state index in [2.05, 4.69) is 20.9 Å². The number of fused-ring (bicyclic) bond motifs is 1. The van der Waals surface area contributed by atoms with Crippen molar-refractivity contribution in [2.24, 2.45) is 0 Å². The number of benzene rings is 2. The van der Waals surface area contributed by atoms with Crippen LogP contribution < -0.4 is 0 Å². The molecule has 2 nitrogen and oxygen atoms in total. The van der Waals surface area contributed by atoms with Crippen LogP contribution >= 0.6 is 39.1 Å². The van der Waals surface area contributed by atoms with Gasteiger partial charge in [-0.05, 0) is 18.2 Å². The number of rotatable bonds is 2.